The average molecular weight is 448 g/mol. The van der Waals surface area contributed by atoms with E-state index in [0.29, 0.717) is 11.2 Å². The van der Waals surface area contributed by atoms with Crippen LogP contribution < -0.4 is 10.6 Å². The Morgan fingerprint density at radius 1 is 1.13 bits per heavy atom. The molecule has 1 aromatic heterocycles. The first kappa shape index (κ1) is 22.4. The summed E-state index contributed by atoms with van der Waals surface area (Å²) in [6.07, 6.45) is 3.42. The molecule has 10 heteroatoms. The molecule has 0 fully saturated rings. The van der Waals surface area contributed by atoms with E-state index in [9.17, 15) is 22.8 Å². The summed E-state index contributed by atoms with van der Waals surface area (Å²) in [4.78, 5) is 28.6. The van der Waals surface area contributed by atoms with E-state index >= 15 is 0 Å². The first-order valence-electron chi connectivity index (χ1n) is 9.25. The standard InChI is InChI=1S/C21H19F3N4O2S/c1-12-5-3-4-6-16(12)28-10-9-25-21(28)31-13(2)20(30)26-11-17(29)27-15-8-7-14(22)18(23)19(15)24/h3-10,13H,11H2,1-2H3,(H,26,30)(H,27,29). The quantitative estimate of drug-likeness (QED) is 0.426. The number of nitrogens with one attached hydrogen (secondary N) is 2. The summed E-state index contributed by atoms with van der Waals surface area (Å²) in [5, 5.41) is 4.55. The van der Waals surface area contributed by atoms with Gasteiger partial charge >= 0.3 is 0 Å². The van der Waals surface area contributed by atoms with Crippen LogP contribution in [0.4, 0.5) is 18.9 Å². The van der Waals surface area contributed by atoms with E-state index in [0.717, 1.165) is 17.3 Å². The van der Waals surface area contributed by atoms with E-state index in [1.807, 2.05) is 35.8 Å². The van der Waals surface area contributed by atoms with Gasteiger partial charge in [0.25, 0.3) is 0 Å². The van der Waals surface area contributed by atoms with Crippen LogP contribution in [-0.4, -0.2) is 33.2 Å². The lowest BCUT2D eigenvalue weighted by Gasteiger charge is -2.14. The fourth-order valence-corrected chi connectivity index (χ4v) is 3.63. The van der Waals surface area contributed by atoms with Crippen LogP contribution in [0.15, 0.2) is 53.9 Å². The molecule has 1 heterocycles. The lowest BCUT2D eigenvalue weighted by Crippen LogP contribution is -2.37. The van der Waals surface area contributed by atoms with Crippen molar-refractivity contribution in [3.63, 3.8) is 0 Å². The second kappa shape index (κ2) is 9.69. The Morgan fingerprint density at radius 3 is 2.61 bits per heavy atom. The summed E-state index contributed by atoms with van der Waals surface area (Å²) in [7, 11) is 0. The number of benzene rings is 2. The predicted molar refractivity (Wildman–Crippen MR) is 112 cm³/mol. The second-order valence-electron chi connectivity index (χ2n) is 6.62. The van der Waals surface area contributed by atoms with Crippen LogP contribution in [0.2, 0.25) is 0 Å². The van der Waals surface area contributed by atoms with Gasteiger partial charge in [0.15, 0.2) is 22.6 Å². The molecule has 1 unspecified atom stereocenters. The smallest absolute Gasteiger partial charge is 0.243 e. The van der Waals surface area contributed by atoms with E-state index in [4.69, 9.17) is 0 Å². The van der Waals surface area contributed by atoms with Crippen LogP contribution >= 0.6 is 11.8 Å². The number of imidazole rings is 1. The van der Waals surface area contributed by atoms with Crippen LogP contribution in [0.1, 0.15) is 12.5 Å². The molecule has 0 bridgehead atoms. The minimum atomic E-state index is -1.68. The van der Waals surface area contributed by atoms with Gasteiger partial charge in [-0.15, -0.1) is 0 Å². The van der Waals surface area contributed by atoms with Crippen molar-refractivity contribution >= 4 is 29.3 Å². The summed E-state index contributed by atoms with van der Waals surface area (Å²) in [5.41, 5.74) is 1.46. The molecule has 6 nitrogen and oxygen atoms in total. The third-order valence-electron chi connectivity index (χ3n) is 4.37. The molecule has 2 amide bonds. The van der Waals surface area contributed by atoms with Crippen LogP contribution in [0.25, 0.3) is 5.69 Å². The molecule has 0 aliphatic rings. The summed E-state index contributed by atoms with van der Waals surface area (Å²) in [6.45, 7) is 3.16. The highest BCUT2D eigenvalue weighted by Crippen LogP contribution is 2.26. The number of halogens is 3. The second-order valence-corrected chi connectivity index (χ2v) is 7.92. The molecule has 2 N–H and O–H groups in total. The number of para-hydroxylation sites is 1. The molecule has 2 aromatic carbocycles. The van der Waals surface area contributed by atoms with E-state index in [-0.39, 0.29) is 0 Å². The number of aromatic nitrogens is 2. The number of carbonyl (C=O) groups is 2. The van der Waals surface area contributed by atoms with Crippen LogP contribution in [-0.2, 0) is 9.59 Å². The lowest BCUT2D eigenvalue weighted by atomic mass is 10.2. The Labute approximate surface area is 180 Å². The first-order chi connectivity index (χ1) is 14.8. The molecule has 0 spiro atoms. The van der Waals surface area contributed by atoms with Crippen molar-refractivity contribution in [1.29, 1.82) is 0 Å². The van der Waals surface area contributed by atoms with Crippen molar-refractivity contribution in [2.75, 3.05) is 11.9 Å². The van der Waals surface area contributed by atoms with Gasteiger partial charge in [-0.25, -0.2) is 18.2 Å². The van der Waals surface area contributed by atoms with Crippen molar-refractivity contribution < 1.29 is 22.8 Å². The highest BCUT2D eigenvalue weighted by atomic mass is 32.2. The molecule has 1 atom stereocenters. The summed E-state index contributed by atoms with van der Waals surface area (Å²) in [5.74, 6) is -5.77. The molecule has 31 heavy (non-hydrogen) atoms. The summed E-state index contributed by atoms with van der Waals surface area (Å²) >= 11 is 1.21. The first-order valence-corrected chi connectivity index (χ1v) is 10.1. The zero-order valence-corrected chi connectivity index (χ0v) is 17.5. The number of aryl methyl sites for hydroxylation is 1. The molecule has 0 saturated carbocycles. The van der Waals surface area contributed by atoms with E-state index in [1.54, 1.807) is 19.3 Å². The lowest BCUT2D eigenvalue weighted by molar-refractivity contribution is -0.123. The Hall–Kier alpha value is -3.27. The van der Waals surface area contributed by atoms with Gasteiger partial charge in [0.05, 0.1) is 23.2 Å². The molecule has 0 aliphatic carbocycles. The highest BCUT2D eigenvalue weighted by Gasteiger charge is 2.20. The Morgan fingerprint density at radius 2 is 1.87 bits per heavy atom. The minimum Gasteiger partial charge on any atom is -0.346 e. The summed E-state index contributed by atoms with van der Waals surface area (Å²) in [6, 6.07) is 9.33. The van der Waals surface area contributed by atoms with Crippen LogP contribution in [0, 0.1) is 24.4 Å². The number of hydrogen-bond acceptors (Lipinski definition) is 4. The fourth-order valence-electron chi connectivity index (χ4n) is 2.73. The molecule has 0 aliphatic heterocycles. The third kappa shape index (κ3) is 5.26. The van der Waals surface area contributed by atoms with Gasteiger partial charge < -0.3 is 10.6 Å². The maximum absolute atomic E-state index is 13.6. The molecular weight excluding hydrogens is 429 g/mol. The van der Waals surface area contributed by atoms with Crippen LogP contribution in [0.3, 0.4) is 0 Å². The van der Waals surface area contributed by atoms with Crippen molar-refractivity contribution in [2.45, 2.75) is 24.3 Å². The molecular formula is C21H19F3N4O2S. The van der Waals surface area contributed by atoms with Gasteiger partial charge in [0.1, 0.15) is 0 Å². The Bertz CT molecular complexity index is 1120. The molecule has 3 rings (SSSR count). The number of hydrogen-bond donors (Lipinski definition) is 2. The van der Waals surface area contributed by atoms with Gasteiger partial charge in [-0.1, -0.05) is 30.0 Å². The monoisotopic (exact) mass is 448 g/mol. The number of rotatable bonds is 7. The maximum atomic E-state index is 13.6. The van der Waals surface area contributed by atoms with E-state index in [1.165, 1.54) is 11.8 Å². The third-order valence-corrected chi connectivity index (χ3v) is 5.45. The largest absolute Gasteiger partial charge is 0.346 e. The normalized spacial score (nSPS) is 11.8. The molecule has 3 aromatic rings. The Balaban J connectivity index is 1.57. The van der Waals surface area contributed by atoms with Gasteiger partial charge in [0.2, 0.25) is 11.8 Å². The summed E-state index contributed by atoms with van der Waals surface area (Å²) < 4.78 is 41.7. The number of amides is 2. The number of thioether (sulfide) groups is 1. The van der Waals surface area contributed by atoms with Gasteiger partial charge in [-0.3, -0.25) is 14.2 Å². The highest BCUT2D eigenvalue weighted by molar-refractivity contribution is 8.00. The van der Waals surface area contributed by atoms with Crippen molar-refractivity contribution in [3.05, 3.63) is 71.8 Å². The van der Waals surface area contributed by atoms with Gasteiger partial charge in [0, 0.05) is 12.4 Å². The van der Waals surface area contributed by atoms with E-state index in [2.05, 4.69) is 15.6 Å². The maximum Gasteiger partial charge on any atom is 0.243 e. The molecule has 0 radical (unpaired) electrons. The fraction of sp³-hybridized carbons (Fsp3) is 0.190. The van der Waals surface area contributed by atoms with Crippen molar-refractivity contribution in [3.8, 4) is 5.69 Å². The van der Waals surface area contributed by atoms with Crippen molar-refractivity contribution in [1.82, 2.24) is 14.9 Å². The number of carbonyl (C=O) groups excluding carboxylic acids is 2. The molecule has 0 saturated heterocycles. The minimum absolute atomic E-state index is 0.440. The Kier molecular flexibility index (Phi) is 7.01. The molecule has 162 valence electrons. The van der Waals surface area contributed by atoms with Gasteiger partial charge in [-0.05, 0) is 37.6 Å². The van der Waals surface area contributed by atoms with Crippen LogP contribution in [0.5, 0.6) is 0 Å². The predicted octanol–water partition coefficient (Wildman–Crippen LogP) is 3.83. The topological polar surface area (TPSA) is 76.0 Å². The van der Waals surface area contributed by atoms with E-state index < -0.39 is 46.7 Å². The average Bonchev–Trinajstić information content (AvgIpc) is 3.20. The zero-order chi connectivity index (χ0) is 22.5. The van der Waals surface area contributed by atoms with Crippen molar-refractivity contribution in [2.24, 2.45) is 0 Å². The number of nitrogens with zero attached hydrogens (tertiary/aromatic N) is 2. The SMILES string of the molecule is Cc1ccccc1-n1ccnc1SC(C)C(=O)NCC(=O)Nc1ccc(F)c(F)c1F. The van der Waals surface area contributed by atoms with Gasteiger partial charge in [-0.2, -0.15) is 0 Å². The number of anilines is 1. The zero-order valence-electron chi connectivity index (χ0n) is 16.7.